The van der Waals surface area contributed by atoms with E-state index in [-0.39, 0.29) is 9.79 Å². The van der Waals surface area contributed by atoms with E-state index in [1.54, 1.807) is 173 Å². The van der Waals surface area contributed by atoms with Crippen LogP contribution < -0.4 is 10.6 Å². The molecule has 7 heterocycles. The highest BCUT2D eigenvalue weighted by Crippen LogP contribution is 2.31. The van der Waals surface area contributed by atoms with E-state index in [2.05, 4.69) is 37.7 Å². The smallest absolute Gasteiger partial charge is 0.175 e. The zero-order chi connectivity index (χ0) is 74.9. The molecule has 0 saturated carbocycles. The SMILES string of the molecule is COCc1ccc(-c2ccc(S(C)(=O)=O)cc2)nc1Cl.COCc1ccc(-c2ccc(S(C)(=O)=O)cc2)nc1NCc1cccs1.COCc1ccc(Cl)nc1-c1ccc(S(C)(=O)=O)cc1.COCc1ccc(Cl)nc1Cl.COCc1ccc(NCc2cccs2)nc1-c1ccc(S(C)(=O)=O)cc1. The molecule has 0 spiro atoms. The molecule has 30 heteroatoms. The van der Waals surface area contributed by atoms with Gasteiger partial charge in [-0.05, 0) is 102 Å². The molecule has 0 radical (unpaired) electrons. The van der Waals surface area contributed by atoms with E-state index in [0.717, 1.165) is 73.1 Å². The minimum atomic E-state index is -3.22. The maximum atomic E-state index is 11.7. The number of rotatable bonds is 24. The van der Waals surface area contributed by atoms with Gasteiger partial charge in [0, 0.05) is 120 Å². The highest BCUT2D eigenvalue weighted by Gasteiger charge is 2.16. The van der Waals surface area contributed by atoms with E-state index in [4.69, 9.17) is 80.1 Å². The Morgan fingerprint density at radius 2 is 0.670 bits per heavy atom. The van der Waals surface area contributed by atoms with Gasteiger partial charge < -0.3 is 34.3 Å². The summed E-state index contributed by atoms with van der Waals surface area (Å²) >= 11 is 26.7. The number of thiophene rings is 2. The molecular formula is C73H75Cl4N7O13S6. The fraction of sp³-hybridized carbons (Fsp3) is 0.219. The van der Waals surface area contributed by atoms with E-state index < -0.39 is 39.3 Å². The van der Waals surface area contributed by atoms with Crippen molar-refractivity contribution in [3.63, 3.8) is 0 Å². The van der Waals surface area contributed by atoms with Crippen molar-refractivity contribution in [2.45, 2.75) is 65.7 Å². The predicted octanol–water partition coefficient (Wildman–Crippen LogP) is 16.4. The van der Waals surface area contributed by atoms with Gasteiger partial charge in [0.15, 0.2) is 39.3 Å². The number of benzene rings is 4. The number of ether oxygens (including phenoxy) is 5. The molecule has 0 aliphatic heterocycles. The van der Waals surface area contributed by atoms with E-state index in [0.29, 0.717) is 87.9 Å². The second-order valence-electron chi connectivity index (χ2n) is 22.5. The van der Waals surface area contributed by atoms with Crippen LogP contribution in [0.5, 0.6) is 0 Å². The molecule has 20 nitrogen and oxygen atoms in total. The van der Waals surface area contributed by atoms with Gasteiger partial charge >= 0.3 is 0 Å². The third kappa shape index (κ3) is 25.9. The molecule has 0 aliphatic rings. The molecule has 0 aliphatic carbocycles. The van der Waals surface area contributed by atoms with Crippen LogP contribution in [0.4, 0.5) is 11.6 Å². The van der Waals surface area contributed by atoms with Gasteiger partial charge in [-0.15, -0.1) is 22.7 Å². The molecule has 11 aromatic rings. The van der Waals surface area contributed by atoms with Crippen LogP contribution in [0.2, 0.25) is 20.6 Å². The van der Waals surface area contributed by atoms with Crippen LogP contribution in [0.25, 0.3) is 45.0 Å². The molecule has 0 bridgehead atoms. The largest absolute Gasteiger partial charge is 0.380 e. The zero-order valence-corrected chi connectivity index (χ0v) is 65.4. The molecule has 103 heavy (non-hydrogen) atoms. The van der Waals surface area contributed by atoms with E-state index in [9.17, 15) is 33.7 Å². The molecule has 4 aromatic carbocycles. The average molecular weight is 1590 g/mol. The second-order valence-corrected chi connectivity index (χ2v) is 34.1. The van der Waals surface area contributed by atoms with Crippen LogP contribution >= 0.6 is 69.1 Å². The van der Waals surface area contributed by atoms with Gasteiger partial charge in [0.25, 0.3) is 0 Å². The van der Waals surface area contributed by atoms with Gasteiger partial charge in [-0.1, -0.05) is 137 Å². The summed E-state index contributed by atoms with van der Waals surface area (Å²) < 4.78 is 118. The van der Waals surface area contributed by atoms with Crippen LogP contribution in [-0.2, 0) is 109 Å². The summed E-state index contributed by atoms with van der Waals surface area (Å²) in [6, 6.07) is 53.3. The molecule has 7 aromatic heterocycles. The zero-order valence-electron chi connectivity index (χ0n) is 57.4. The first-order valence-electron chi connectivity index (χ1n) is 30.8. The van der Waals surface area contributed by atoms with Gasteiger partial charge in [0.2, 0.25) is 0 Å². The molecule has 544 valence electrons. The number of nitrogens with zero attached hydrogens (tertiary/aromatic N) is 5. The first kappa shape index (κ1) is 82.7. The summed E-state index contributed by atoms with van der Waals surface area (Å²) in [7, 11) is -4.73. The lowest BCUT2D eigenvalue weighted by Gasteiger charge is -2.12. The maximum absolute atomic E-state index is 11.7. The van der Waals surface area contributed by atoms with Crippen LogP contribution in [0, 0.1) is 0 Å². The van der Waals surface area contributed by atoms with Crippen molar-refractivity contribution in [1.82, 2.24) is 24.9 Å². The summed E-state index contributed by atoms with van der Waals surface area (Å²) in [6.07, 6.45) is 4.75. The number of aromatic nitrogens is 5. The number of nitrogens with one attached hydrogen (secondary N) is 2. The van der Waals surface area contributed by atoms with Gasteiger partial charge in [-0.2, -0.15) is 0 Å². The number of pyridine rings is 5. The molecule has 0 amide bonds. The number of halogens is 4. The highest BCUT2D eigenvalue weighted by molar-refractivity contribution is 7.91. The first-order chi connectivity index (χ1) is 49.0. The van der Waals surface area contributed by atoms with Crippen LogP contribution in [-0.4, -0.2) is 119 Å². The summed E-state index contributed by atoms with van der Waals surface area (Å²) in [4.78, 5) is 25.5. The molecular weight excluding hydrogens is 1520 g/mol. The topological polar surface area (TPSA) is 271 Å². The molecule has 0 atom stereocenters. The Labute approximate surface area is 630 Å². The van der Waals surface area contributed by atoms with Crippen molar-refractivity contribution >= 4 is 120 Å². The minimum Gasteiger partial charge on any atom is -0.380 e. The Bertz CT molecular complexity index is 5030. The summed E-state index contributed by atoms with van der Waals surface area (Å²) in [5.41, 5.74) is 10.7. The fourth-order valence-electron chi connectivity index (χ4n) is 9.40. The van der Waals surface area contributed by atoms with Crippen molar-refractivity contribution in [3.05, 3.63) is 251 Å². The third-order valence-electron chi connectivity index (χ3n) is 14.5. The summed E-state index contributed by atoms with van der Waals surface area (Å²) in [5, 5.41) is 12.3. The Hall–Kier alpha value is -7.61. The van der Waals surface area contributed by atoms with E-state index in [1.807, 2.05) is 65.4 Å². The second kappa shape index (κ2) is 39.5. The predicted molar refractivity (Wildman–Crippen MR) is 412 cm³/mol. The minimum absolute atomic E-state index is 0.275. The van der Waals surface area contributed by atoms with Crippen LogP contribution in [0.15, 0.2) is 212 Å². The molecule has 2 N–H and O–H groups in total. The van der Waals surface area contributed by atoms with E-state index >= 15 is 0 Å². The van der Waals surface area contributed by atoms with Gasteiger partial charge in [0.1, 0.15) is 32.2 Å². The summed E-state index contributed by atoms with van der Waals surface area (Å²) in [6.45, 7) is 3.57. The number of sulfone groups is 4. The fourth-order valence-corrected chi connectivity index (χ4v) is 14.0. The lowest BCUT2D eigenvalue weighted by Crippen LogP contribution is -2.05. The maximum Gasteiger partial charge on any atom is 0.175 e. The number of hydrogen-bond donors (Lipinski definition) is 2. The van der Waals surface area contributed by atoms with Gasteiger partial charge in [-0.3, -0.25) is 0 Å². The van der Waals surface area contributed by atoms with Gasteiger partial charge in [-0.25, -0.2) is 58.6 Å². The Morgan fingerprint density at radius 1 is 0.340 bits per heavy atom. The highest BCUT2D eigenvalue weighted by atomic mass is 35.5. The Balaban J connectivity index is 0.000000184. The lowest BCUT2D eigenvalue weighted by molar-refractivity contribution is 0.184. The van der Waals surface area contributed by atoms with Crippen molar-refractivity contribution in [3.8, 4) is 45.0 Å². The number of hydrogen-bond acceptors (Lipinski definition) is 22. The number of methoxy groups -OCH3 is 5. The first-order valence-corrected chi connectivity index (χ1v) is 41.7. The number of anilines is 2. The van der Waals surface area contributed by atoms with Crippen LogP contribution in [0.3, 0.4) is 0 Å². The molecule has 11 rings (SSSR count). The van der Waals surface area contributed by atoms with Crippen LogP contribution in [0.1, 0.15) is 37.6 Å². The Morgan fingerprint density at radius 3 is 1.06 bits per heavy atom. The monoisotopic (exact) mass is 1590 g/mol. The normalized spacial score (nSPS) is 11.3. The third-order valence-corrected chi connectivity index (χ3v) is 21.9. The quantitative estimate of drug-likeness (QED) is 0.0532. The lowest BCUT2D eigenvalue weighted by atomic mass is 10.1. The molecule has 0 unspecified atom stereocenters. The van der Waals surface area contributed by atoms with Crippen molar-refractivity contribution < 1.29 is 57.4 Å². The summed E-state index contributed by atoms with van der Waals surface area (Å²) in [5.74, 6) is 1.53. The van der Waals surface area contributed by atoms with Gasteiger partial charge in [0.05, 0.1) is 88.5 Å². The van der Waals surface area contributed by atoms with Crippen molar-refractivity contribution in [2.75, 3.05) is 71.2 Å². The van der Waals surface area contributed by atoms with E-state index in [1.165, 1.54) is 34.8 Å². The molecule has 0 saturated heterocycles. The molecule has 0 fully saturated rings. The van der Waals surface area contributed by atoms with Crippen molar-refractivity contribution in [1.29, 1.82) is 0 Å². The Kier molecular flexibility index (Phi) is 31.7. The average Bonchev–Trinajstić information content (AvgIpc) is 0.888. The standard InChI is InChI=1S/2C19H20N2O3S2.2C14H14ClNO3S.C7H7Cl2NO/c1-24-13-15-7-10-18(20-12-16-4-3-11-25-16)21-19(15)14-5-8-17(9-6-14)26(2,22)23;1-24-13-15-7-10-18(14-5-8-17(9-6-14)26(2,22)23)21-19(15)20-12-16-4-3-11-25-16;1-19-9-11-5-8-13(15)16-14(11)10-3-6-12(7-4-10)20(2,17)18;1-19-9-11-5-8-13(16-14(11)15)10-3-6-12(7-4-10)20(2,17)18;1-11-4-5-2-3-6(8)10-7(5)9/h2*3-11H,12-13H2,1-2H3,(H,20,21);2*3-8H,9H2,1-2H3;2-3H,4H2,1H3. The van der Waals surface area contributed by atoms with Crippen molar-refractivity contribution in [2.24, 2.45) is 0 Å².